The summed E-state index contributed by atoms with van der Waals surface area (Å²) in [6, 6.07) is 9.33. The Morgan fingerprint density at radius 2 is 2.21 bits per heavy atom. The summed E-state index contributed by atoms with van der Waals surface area (Å²) in [5.74, 6) is 1.97. The summed E-state index contributed by atoms with van der Waals surface area (Å²) in [5, 5.41) is 13.1. The van der Waals surface area contributed by atoms with E-state index in [1.165, 1.54) is 0 Å². The molecule has 0 fully saturated rings. The van der Waals surface area contributed by atoms with Crippen molar-refractivity contribution in [1.29, 1.82) is 0 Å². The van der Waals surface area contributed by atoms with Gasteiger partial charge in [-0.05, 0) is 37.3 Å². The molecule has 0 saturated heterocycles. The number of rotatable bonds is 6. The van der Waals surface area contributed by atoms with Gasteiger partial charge in [-0.25, -0.2) is 0 Å². The molecular weight excluding hydrogens is 242 g/mol. The van der Waals surface area contributed by atoms with Crippen molar-refractivity contribution in [3.05, 3.63) is 47.9 Å². The monoisotopic (exact) mass is 261 g/mol. The van der Waals surface area contributed by atoms with Crippen molar-refractivity contribution in [2.45, 2.75) is 25.9 Å². The zero-order valence-electron chi connectivity index (χ0n) is 11.2. The molecule has 0 aliphatic carbocycles. The first kappa shape index (κ1) is 13.5. The van der Waals surface area contributed by atoms with Gasteiger partial charge in [0.2, 0.25) is 0 Å². The van der Waals surface area contributed by atoms with Crippen LogP contribution in [0.3, 0.4) is 0 Å². The second kappa shape index (κ2) is 6.29. The standard InChI is InChI=1S/C15H19NO3/c1-11(8-14-4-3-7-19-14)16-10-12-9-13(18-2)5-6-15(12)17/h3-7,9,11,16-17H,8,10H2,1-2H3. The van der Waals surface area contributed by atoms with Crippen LogP contribution in [0.2, 0.25) is 0 Å². The van der Waals surface area contributed by atoms with Gasteiger partial charge in [0.1, 0.15) is 17.3 Å². The molecule has 4 heteroatoms. The third-order valence-corrected chi connectivity index (χ3v) is 3.02. The molecule has 0 amide bonds. The molecule has 1 aromatic carbocycles. The first-order chi connectivity index (χ1) is 9.19. The normalized spacial score (nSPS) is 12.3. The molecule has 4 nitrogen and oxygen atoms in total. The third-order valence-electron chi connectivity index (χ3n) is 3.02. The fraction of sp³-hybridized carbons (Fsp3) is 0.333. The Hall–Kier alpha value is -1.94. The van der Waals surface area contributed by atoms with Gasteiger partial charge in [0, 0.05) is 24.6 Å². The molecule has 0 aliphatic heterocycles. The van der Waals surface area contributed by atoms with Crippen LogP contribution in [-0.2, 0) is 13.0 Å². The molecule has 0 radical (unpaired) electrons. The number of phenolic OH excluding ortho intramolecular Hbond substituents is 1. The van der Waals surface area contributed by atoms with E-state index in [1.54, 1.807) is 25.5 Å². The van der Waals surface area contributed by atoms with E-state index in [0.29, 0.717) is 6.54 Å². The van der Waals surface area contributed by atoms with E-state index >= 15 is 0 Å². The molecule has 2 aromatic rings. The highest BCUT2D eigenvalue weighted by molar-refractivity contribution is 5.39. The lowest BCUT2D eigenvalue weighted by atomic mass is 10.1. The van der Waals surface area contributed by atoms with Gasteiger partial charge in [0.15, 0.2) is 0 Å². The Kier molecular flexibility index (Phi) is 4.47. The summed E-state index contributed by atoms with van der Waals surface area (Å²) in [6.07, 6.45) is 2.49. The van der Waals surface area contributed by atoms with E-state index in [-0.39, 0.29) is 11.8 Å². The van der Waals surface area contributed by atoms with Crippen molar-refractivity contribution in [3.8, 4) is 11.5 Å². The van der Waals surface area contributed by atoms with Crippen molar-refractivity contribution >= 4 is 0 Å². The predicted octanol–water partition coefficient (Wildman–Crippen LogP) is 2.71. The number of phenols is 1. The smallest absolute Gasteiger partial charge is 0.120 e. The highest BCUT2D eigenvalue weighted by Gasteiger charge is 2.08. The Morgan fingerprint density at radius 3 is 2.89 bits per heavy atom. The zero-order valence-corrected chi connectivity index (χ0v) is 11.2. The van der Waals surface area contributed by atoms with E-state index in [4.69, 9.17) is 9.15 Å². The molecular formula is C15H19NO3. The zero-order chi connectivity index (χ0) is 13.7. The second-order valence-electron chi connectivity index (χ2n) is 4.56. The molecule has 1 aromatic heterocycles. The molecule has 0 aliphatic rings. The number of nitrogens with one attached hydrogen (secondary N) is 1. The summed E-state index contributed by atoms with van der Waals surface area (Å²) in [5.41, 5.74) is 0.825. The topological polar surface area (TPSA) is 54.6 Å². The van der Waals surface area contributed by atoms with Gasteiger partial charge in [-0.2, -0.15) is 0 Å². The third kappa shape index (κ3) is 3.76. The molecule has 2 N–H and O–H groups in total. The van der Waals surface area contributed by atoms with Gasteiger partial charge < -0.3 is 19.6 Å². The lowest BCUT2D eigenvalue weighted by molar-refractivity contribution is 0.408. The molecule has 2 rings (SSSR count). The van der Waals surface area contributed by atoms with Crippen molar-refractivity contribution < 1.29 is 14.3 Å². The maximum atomic E-state index is 9.79. The van der Waals surface area contributed by atoms with E-state index in [0.717, 1.165) is 23.5 Å². The SMILES string of the molecule is COc1ccc(O)c(CNC(C)Cc2ccco2)c1. The fourth-order valence-corrected chi connectivity index (χ4v) is 1.92. The lowest BCUT2D eigenvalue weighted by Crippen LogP contribution is -2.27. The molecule has 19 heavy (non-hydrogen) atoms. The molecule has 0 bridgehead atoms. The van der Waals surface area contributed by atoms with Crippen LogP contribution in [-0.4, -0.2) is 18.3 Å². The molecule has 1 heterocycles. The van der Waals surface area contributed by atoms with E-state index in [1.807, 2.05) is 18.2 Å². The molecule has 1 unspecified atom stereocenters. The van der Waals surface area contributed by atoms with Crippen LogP contribution in [0, 0.1) is 0 Å². The Labute approximate surface area is 113 Å². The largest absolute Gasteiger partial charge is 0.508 e. The minimum absolute atomic E-state index is 0.261. The first-order valence-electron chi connectivity index (χ1n) is 6.30. The van der Waals surface area contributed by atoms with Crippen molar-refractivity contribution in [1.82, 2.24) is 5.32 Å². The van der Waals surface area contributed by atoms with Gasteiger partial charge in [0.05, 0.1) is 13.4 Å². The Morgan fingerprint density at radius 1 is 1.37 bits per heavy atom. The van der Waals surface area contributed by atoms with Crippen LogP contribution in [0.15, 0.2) is 41.0 Å². The average Bonchev–Trinajstić information content (AvgIpc) is 2.90. The number of hydrogen-bond acceptors (Lipinski definition) is 4. The van der Waals surface area contributed by atoms with E-state index in [2.05, 4.69) is 12.2 Å². The number of furan rings is 1. The minimum Gasteiger partial charge on any atom is -0.508 e. The van der Waals surface area contributed by atoms with Crippen LogP contribution in [0.4, 0.5) is 0 Å². The summed E-state index contributed by atoms with van der Waals surface area (Å²) in [4.78, 5) is 0. The summed E-state index contributed by atoms with van der Waals surface area (Å²) in [7, 11) is 1.61. The minimum atomic E-state index is 0.261. The fourth-order valence-electron chi connectivity index (χ4n) is 1.92. The average molecular weight is 261 g/mol. The van der Waals surface area contributed by atoms with Crippen LogP contribution in [0.5, 0.6) is 11.5 Å². The lowest BCUT2D eigenvalue weighted by Gasteiger charge is -2.14. The van der Waals surface area contributed by atoms with Crippen LogP contribution in [0.25, 0.3) is 0 Å². The second-order valence-corrected chi connectivity index (χ2v) is 4.56. The van der Waals surface area contributed by atoms with Gasteiger partial charge in [-0.1, -0.05) is 0 Å². The van der Waals surface area contributed by atoms with Crippen molar-refractivity contribution in [3.63, 3.8) is 0 Å². The molecule has 1 atom stereocenters. The van der Waals surface area contributed by atoms with Gasteiger partial charge in [-0.3, -0.25) is 0 Å². The number of ether oxygens (including phenoxy) is 1. The Balaban J connectivity index is 1.91. The van der Waals surface area contributed by atoms with Gasteiger partial charge >= 0.3 is 0 Å². The summed E-state index contributed by atoms with van der Waals surface area (Å²) in [6.45, 7) is 2.67. The molecule has 0 spiro atoms. The number of benzene rings is 1. The maximum Gasteiger partial charge on any atom is 0.120 e. The quantitative estimate of drug-likeness (QED) is 0.839. The highest BCUT2D eigenvalue weighted by atomic mass is 16.5. The number of hydrogen-bond donors (Lipinski definition) is 2. The van der Waals surface area contributed by atoms with Crippen LogP contribution in [0.1, 0.15) is 18.2 Å². The van der Waals surface area contributed by atoms with Crippen LogP contribution < -0.4 is 10.1 Å². The van der Waals surface area contributed by atoms with Crippen LogP contribution >= 0.6 is 0 Å². The van der Waals surface area contributed by atoms with Gasteiger partial charge in [0.25, 0.3) is 0 Å². The number of methoxy groups -OCH3 is 1. The maximum absolute atomic E-state index is 9.79. The van der Waals surface area contributed by atoms with Crippen molar-refractivity contribution in [2.24, 2.45) is 0 Å². The van der Waals surface area contributed by atoms with Gasteiger partial charge in [-0.15, -0.1) is 0 Å². The predicted molar refractivity (Wildman–Crippen MR) is 73.4 cm³/mol. The van der Waals surface area contributed by atoms with E-state index in [9.17, 15) is 5.11 Å². The highest BCUT2D eigenvalue weighted by Crippen LogP contribution is 2.22. The molecule has 0 saturated carbocycles. The summed E-state index contributed by atoms with van der Waals surface area (Å²) >= 11 is 0. The van der Waals surface area contributed by atoms with Crippen molar-refractivity contribution in [2.75, 3.05) is 7.11 Å². The summed E-state index contributed by atoms with van der Waals surface area (Å²) < 4.78 is 10.5. The Bertz CT molecular complexity index is 508. The first-order valence-corrected chi connectivity index (χ1v) is 6.30. The van der Waals surface area contributed by atoms with E-state index < -0.39 is 0 Å². The molecule has 102 valence electrons. The number of aromatic hydroxyl groups is 1.